The fourth-order valence-electron chi connectivity index (χ4n) is 1.94. The standard InChI is InChI=1S/C13H10F4INO/c14-9-1-2-10(11(18)7-9)12(20)19-5-3-8(4-6-19)13(15,16)17/h1-3,7H,4-6H2. The molecule has 108 valence electrons. The number of halogens is 5. The number of carbonyl (C=O) groups excluding carboxylic acids is 1. The molecule has 20 heavy (non-hydrogen) atoms. The second-order valence-electron chi connectivity index (χ2n) is 4.35. The maximum absolute atomic E-state index is 13.0. The highest BCUT2D eigenvalue weighted by Gasteiger charge is 2.35. The van der Waals surface area contributed by atoms with Crippen molar-refractivity contribution in [3.05, 3.63) is 44.8 Å². The van der Waals surface area contributed by atoms with Crippen molar-refractivity contribution in [3.63, 3.8) is 0 Å². The Morgan fingerprint density at radius 2 is 2.00 bits per heavy atom. The largest absolute Gasteiger partial charge is 0.412 e. The van der Waals surface area contributed by atoms with Gasteiger partial charge in [0.1, 0.15) is 5.82 Å². The van der Waals surface area contributed by atoms with E-state index in [9.17, 15) is 22.4 Å². The van der Waals surface area contributed by atoms with E-state index >= 15 is 0 Å². The summed E-state index contributed by atoms with van der Waals surface area (Å²) in [6.07, 6.45) is -3.52. The summed E-state index contributed by atoms with van der Waals surface area (Å²) < 4.78 is 50.9. The number of alkyl halides is 3. The van der Waals surface area contributed by atoms with Crippen LogP contribution in [0.5, 0.6) is 0 Å². The molecule has 1 heterocycles. The second kappa shape index (κ2) is 5.71. The van der Waals surface area contributed by atoms with Crippen LogP contribution in [0.2, 0.25) is 0 Å². The van der Waals surface area contributed by atoms with E-state index in [1.165, 1.54) is 17.0 Å². The zero-order valence-corrected chi connectivity index (χ0v) is 12.3. The molecule has 0 bridgehead atoms. The molecule has 0 radical (unpaired) electrons. The Balaban J connectivity index is 2.14. The molecule has 2 rings (SSSR count). The molecule has 1 aromatic carbocycles. The lowest BCUT2D eigenvalue weighted by molar-refractivity contribution is -0.0957. The lowest BCUT2D eigenvalue weighted by atomic mass is 10.1. The van der Waals surface area contributed by atoms with Gasteiger partial charge in [0.15, 0.2) is 0 Å². The average Bonchev–Trinajstić information content (AvgIpc) is 2.37. The number of nitrogens with zero attached hydrogens (tertiary/aromatic N) is 1. The normalized spacial score (nSPS) is 16.1. The maximum Gasteiger partial charge on any atom is 0.412 e. The first-order valence-electron chi connectivity index (χ1n) is 5.79. The van der Waals surface area contributed by atoms with E-state index in [1.54, 1.807) is 0 Å². The predicted molar refractivity (Wildman–Crippen MR) is 73.8 cm³/mol. The van der Waals surface area contributed by atoms with Gasteiger partial charge in [0.05, 0.1) is 5.56 Å². The summed E-state index contributed by atoms with van der Waals surface area (Å²) in [6, 6.07) is 3.73. The van der Waals surface area contributed by atoms with E-state index in [0.717, 1.165) is 12.1 Å². The van der Waals surface area contributed by atoms with Gasteiger partial charge >= 0.3 is 6.18 Å². The number of amides is 1. The smallest absolute Gasteiger partial charge is 0.335 e. The van der Waals surface area contributed by atoms with Gasteiger partial charge < -0.3 is 4.90 Å². The summed E-state index contributed by atoms with van der Waals surface area (Å²) in [4.78, 5) is 13.5. The molecule has 1 aliphatic heterocycles. The van der Waals surface area contributed by atoms with E-state index in [2.05, 4.69) is 0 Å². The first kappa shape index (κ1) is 15.3. The fourth-order valence-corrected chi connectivity index (χ4v) is 2.65. The molecule has 1 amide bonds. The van der Waals surface area contributed by atoms with E-state index in [-0.39, 0.29) is 25.4 Å². The molecular weight excluding hydrogens is 389 g/mol. The molecule has 1 aliphatic rings. The number of benzene rings is 1. The summed E-state index contributed by atoms with van der Waals surface area (Å²) >= 11 is 1.83. The Morgan fingerprint density at radius 1 is 1.30 bits per heavy atom. The molecule has 0 unspecified atom stereocenters. The zero-order valence-electron chi connectivity index (χ0n) is 10.2. The van der Waals surface area contributed by atoms with Gasteiger partial charge in [0, 0.05) is 22.2 Å². The topological polar surface area (TPSA) is 20.3 Å². The zero-order chi connectivity index (χ0) is 14.9. The third-order valence-electron chi connectivity index (χ3n) is 3.02. The highest BCUT2D eigenvalue weighted by Crippen LogP contribution is 2.30. The quantitative estimate of drug-likeness (QED) is 0.400. The maximum atomic E-state index is 13.0. The van der Waals surface area contributed by atoms with E-state index in [0.29, 0.717) is 9.13 Å². The summed E-state index contributed by atoms with van der Waals surface area (Å²) in [6.45, 7) is -0.0707. The van der Waals surface area contributed by atoms with Crippen LogP contribution in [0.3, 0.4) is 0 Å². The van der Waals surface area contributed by atoms with Crippen LogP contribution in [0.4, 0.5) is 17.6 Å². The Bertz CT molecular complexity index is 568. The first-order chi connectivity index (χ1) is 9.29. The number of hydrogen-bond acceptors (Lipinski definition) is 1. The molecule has 0 saturated carbocycles. The second-order valence-corrected chi connectivity index (χ2v) is 5.51. The van der Waals surface area contributed by atoms with Crippen molar-refractivity contribution in [3.8, 4) is 0 Å². The monoisotopic (exact) mass is 399 g/mol. The third-order valence-corrected chi connectivity index (χ3v) is 3.91. The van der Waals surface area contributed by atoms with E-state index < -0.39 is 17.6 Å². The molecule has 0 fully saturated rings. The van der Waals surface area contributed by atoms with Gasteiger partial charge in [-0.3, -0.25) is 4.79 Å². The van der Waals surface area contributed by atoms with Gasteiger partial charge in [-0.05, 0) is 47.2 Å². The highest BCUT2D eigenvalue weighted by atomic mass is 127. The molecule has 0 saturated heterocycles. The molecule has 2 nitrogen and oxygen atoms in total. The predicted octanol–water partition coefficient (Wildman–Crippen LogP) is 3.76. The Labute approximate surface area is 126 Å². The van der Waals surface area contributed by atoms with Crippen molar-refractivity contribution >= 4 is 28.5 Å². The van der Waals surface area contributed by atoms with Gasteiger partial charge in [0.25, 0.3) is 5.91 Å². The lowest BCUT2D eigenvalue weighted by Gasteiger charge is -2.27. The van der Waals surface area contributed by atoms with Crippen molar-refractivity contribution in [2.24, 2.45) is 0 Å². The van der Waals surface area contributed by atoms with Crippen LogP contribution in [-0.2, 0) is 0 Å². The molecule has 0 spiro atoms. The van der Waals surface area contributed by atoms with Gasteiger partial charge in [0.2, 0.25) is 0 Å². The molecule has 0 N–H and O–H groups in total. The molecule has 7 heteroatoms. The molecule has 1 aromatic rings. The van der Waals surface area contributed by atoms with Crippen molar-refractivity contribution in [2.75, 3.05) is 13.1 Å². The minimum Gasteiger partial charge on any atom is -0.335 e. The van der Waals surface area contributed by atoms with Crippen LogP contribution in [0.15, 0.2) is 29.8 Å². The minimum absolute atomic E-state index is 0.0115. The van der Waals surface area contributed by atoms with Crippen LogP contribution >= 0.6 is 22.6 Å². The summed E-state index contributed by atoms with van der Waals surface area (Å²) in [5.41, 5.74) is -0.300. The highest BCUT2D eigenvalue weighted by molar-refractivity contribution is 14.1. The average molecular weight is 399 g/mol. The lowest BCUT2D eigenvalue weighted by Crippen LogP contribution is -2.37. The number of hydrogen-bond donors (Lipinski definition) is 0. The van der Waals surface area contributed by atoms with Crippen LogP contribution in [-0.4, -0.2) is 30.1 Å². The van der Waals surface area contributed by atoms with Gasteiger partial charge in [-0.2, -0.15) is 13.2 Å². The van der Waals surface area contributed by atoms with Crippen molar-refractivity contribution in [1.29, 1.82) is 0 Å². The number of carbonyl (C=O) groups is 1. The minimum atomic E-state index is -4.33. The molecular formula is C13H10F4INO. The molecule has 0 aromatic heterocycles. The van der Waals surface area contributed by atoms with Crippen LogP contribution in [0, 0.1) is 9.39 Å². The van der Waals surface area contributed by atoms with Crippen LogP contribution in [0.1, 0.15) is 16.8 Å². The Kier molecular flexibility index (Phi) is 4.36. The van der Waals surface area contributed by atoms with Crippen molar-refractivity contribution in [1.82, 2.24) is 4.90 Å². The van der Waals surface area contributed by atoms with E-state index in [4.69, 9.17) is 0 Å². The first-order valence-corrected chi connectivity index (χ1v) is 6.87. The van der Waals surface area contributed by atoms with E-state index in [1.807, 2.05) is 22.6 Å². The third kappa shape index (κ3) is 3.31. The van der Waals surface area contributed by atoms with Crippen molar-refractivity contribution < 1.29 is 22.4 Å². The summed E-state index contributed by atoms with van der Waals surface area (Å²) in [5.74, 6) is -0.837. The van der Waals surface area contributed by atoms with Crippen LogP contribution in [0.25, 0.3) is 0 Å². The molecule has 0 atom stereocenters. The van der Waals surface area contributed by atoms with Crippen molar-refractivity contribution in [2.45, 2.75) is 12.6 Å². The Morgan fingerprint density at radius 3 is 2.50 bits per heavy atom. The number of rotatable bonds is 1. The van der Waals surface area contributed by atoms with Gasteiger partial charge in [-0.15, -0.1) is 0 Å². The summed E-state index contributed by atoms with van der Waals surface area (Å²) in [5, 5.41) is 0. The van der Waals surface area contributed by atoms with Gasteiger partial charge in [-0.25, -0.2) is 4.39 Å². The summed E-state index contributed by atoms with van der Waals surface area (Å²) in [7, 11) is 0. The SMILES string of the molecule is O=C(c1ccc(F)cc1I)N1CC=C(C(F)(F)F)CC1. The van der Waals surface area contributed by atoms with Gasteiger partial charge in [-0.1, -0.05) is 6.08 Å². The molecule has 0 aliphatic carbocycles. The van der Waals surface area contributed by atoms with Crippen LogP contribution < -0.4 is 0 Å². The Hall–Kier alpha value is -1.12. The fraction of sp³-hybridized carbons (Fsp3) is 0.308.